The zero-order valence-electron chi connectivity index (χ0n) is 10.9. The average Bonchev–Trinajstić information content (AvgIpc) is 2.87. The molecular weight excluding hydrogens is 385 g/mol. The number of para-hydroxylation sites is 1. The molecule has 1 unspecified atom stereocenters. The standard InChI is InChI=1S/C16H13ClINO/c1-19-16(11-6-7-13(18)12(17)8-11)15-9-10-4-2-3-5-14(10)20-15/h2-9,16,19H,1H3. The third-order valence-electron chi connectivity index (χ3n) is 3.29. The van der Waals surface area contributed by atoms with Gasteiger partial charge in [0.2, 0.25) is 0 Å². The van der Waals surface area contributed by atoms with Gasteiger partial charge in [0.15, 0.2) is 0 Å². The molecule has 0 amide bonds. The molecule has 20 heavy (non-hydrogen) atoms. The van der Waals surface area contributed by atoms with Gasteiger partial charge in [0.05, 0.1) is 11.1 Å². The van der Waals surface area contributed by atoms with Crippen LogP contribution in [-0.2, 0) is 0 Å². The lowest BCUT2D eigenvalue weighted by Crippen LogP contribution is -2.17. The van der Waals surface area contributed by atoms with E-state index in [1.54, 1.807) is 0 Å². The number of halogens is 2. The van der Waals surface area contributed by atoms with Crippen LogP contribution in [-0.4, -0.2) is 7.05 Å². The third kappa shape index (κ3) is 2.57. The average molecular weight is 398 g/mol. The minimum atomic E-state index is -0.00287. The molecule has 1 heterocycles. The Morgan fingerprint density at radius 3 is 2.65 bits per heavy atom. The molecule has 3 aromatic rings. The van der Waals surface area contributed by atoms with Gasteiger partial charge in [0.25, 0.3) is 0 Å². The first-order chi connectivity index (χ1) is 9.69. The van der Waals surface area contributed by atoms with E-state index in [0.717, 1.165) is 30.9 Å². The van der Waals surface area contributed by atoms with Gasteiger partial charge in [0.1, 0.15) is 11.3 Å². The van der Waals surface area contributed by atoms with Gasteiger partial charge in [-0.25, -0.2) is 0 Å². The van der Waals surface area contributed by atoms with E-state index in [9.17, 15) is 0 Å². The van der Waals surface area contributed by atoms with Gasteiger partial charge in [-0.15, -0.1) is 0 Å². The van der Waals surface area contributed by atoms with Crippen LogP contribution >= 0.6 is 34.2 Å². The second kappa shape index (κ2) is 5.76. The summed E-state index contributed by atoms with van der Waals surface area (Å²) in [6, 6.07) is 16.2. The molecule has 2 nitrogen and oxygen atoms in total. The first-order valence-corrected chi connectivity index (χ1v) is 7.75. The molecule has 1 aromatic heterocycles. The predicted octanol–water partition coefficient (Wildman–Crippen LogP) is 5.00. The summed E-state index contributed by atoms with van der Waals surface area (Å²) >= 11 is 8.44. The summed E-state index contributed by atoms with van der Waals surface area (Å²) in [5.74, 6) is 0.894. The van der Waals surface area contributed by atoms with Gasteiger partial charge in [-0.2, -0.15) is 0 Å². The molecule has 3 rings (SSSR count). The van der Waals surface area contributed by atoms with Crippen molar-refractivity contribution in [2.45, 2.75) is 6.04 Å². The van der Waals surface area contributed by atoms with E-state index >= 15 is 0 Å². The van der Waals surface area contributed by atoms with Crippen LogP contribution in [0.4, 0.5) is 0 Å². The van der Waals surface area contributed by atoms with E-state index in [2.05, 4.69) is 46.1 Å². The quantitative estimate of drug-likeness (QED) is 0.629. The van der Waals surface area contributed by atoms with Crippen LogP contribution in [0, 0.1) is 3.57 Å². The highest BCUT2D eigenvalue weighted by Crippen LogP contribution is 2.30. The van der Waals surface area contributed by atoms with Crippen molar-refractivity contribution in [2.24, 2.45) is 0 Å². The van der Waals surface area contributed by atoms with Crippen molar-refractivity contribution < 1.29 is 4.42 Å². The van der Waals surface area contributed by atoms with Crippen LogP contribution in [0.15, 0.2) is 52.9 Å². The Bertz CT molecular complexity index is 720. The summed E-state index contributed by atoms with van der Waals surface area (Å²) in [6.45, 7) is 0. The van der Waals surface area contributed by atoms with Crippen LogP contribution < -0.4 is 5.32 Å². The van der Waals surface area contributed by atoms with Crippen LogP contribution in [0.1, 0.15) is 17.4 Å². The fraction of sp³-hybridized carbons (Fsp3) is 0.125. The lowest BCUT2D eigenvalue weighted by atomic mass is 10.0. The Balaban J connectivity index is 2.06. The van der Waals surface area contributed by atoms with E-state index in [0.29, 0.717) is 0 Å². The maximum absolute atomic E-state index is 6.22. The highest BCUT2D eigenvalue weighted by molar-refractivity contribution is 14.1. The number of benzene rings is 2. The normalized spacial score (nSPS) is 12.8. The highest BCUT2D eigenvalue weighted by atomic mass is 127. The first kappa shape index (κ1) is 13.9. The first-order valence-electron chi connectivity index (χ1n) is 6.29. The van der Waals surface area contributed by atoms with Gasteiger partial charge in [-0.05, 0) is 59.5 Å². The lowest BCUT2D eigenvalue weighted by Gasteiger charge is -2.14. The van der Waals surface area contributed by atoms with Gasteiger partial charge < -0.3 is 9.73 Å². The van der Waals surface area contributed by atoms with E-state index < -0.39 is 0 Å². The van der Waals surface area contributed by atoms with Crippen molar-refractivity contribution in [2.75, 3.05) is 7.05 Å². The summed E-state index contributed by atoms with van der Waals surface area (Å²) < 4.78 is 6.99. The zero-order valence-corrected chi connectivity index (χ0v) is 13.8. The van der Waals surface area contributed by atoms with E-state index in [-0.39, 0.29) is 6.04 Å². The molecule has 0 spiro atoms. The summed E-state index contributed by atoms with van der Waals surface area (Å²) in [4.78, 5) is 0. The Morgan fingerprint density at radius 2 is 1.95 bits per heavy atom. The molecule has 0 saturated carbocycles. The Labute approximate surface area is 136 Å². The molecule has 102 valence electrons. The minimum absolute atomic E-state index is 0.00287. The second-order valence-corrected chi connectivity index (χ2v) is 6.15. The molecule has 1 N–H and O–H groups in total. The van der Waals surface area contributed by atoms with Crippen molar-refractivity contribution >= 4 is 45.2 Å². The Hall–Kier alpha value is -1.04. The monoisotopic (exact) mass is 397 g/mol. The molecule has 2 aromatic carbocycles. The number of nitrogens with one attached hydrogen (secondary N) is 1. The molecule has 4 heteroatoms. The number of hydrogen-bond acceptors (Lipinski definition) is 2. The van der Waals surface area contributed by atoms with E-state index in [1.807, 2.05) is 37.4 Å². The van der Waals surface area contributed by atoms with Gasteiger partial charge in [0, 0.05) is 8.96 Å². The Kier molecular flexibility index (Phi) is 4.01. The van der Waals surface area contributed by atoms with Gasteiger partial charge >= 0.3 is 0 Å². The molecule has 0 bridgehead atoms. The SMILES string of the molecule is CNC(c1ccc(I)c(Cl)c1)c1cc2ccccc2o1. The van der Waals surface area contributed by atoms with Crippen LogP contribution in [0.25, 0.3) is 11.0 Å². The number of furan rings is 1. The molecule has 0 radical (unpaired) electrons. The molecular formula is C16H13ClINO. The zero-order chi connectivity index (χ0) is 14.1. The predicted molar refractivity (Wildman–Crippen MR) is 91.3 cm³/mol. The van der Waals surface area contributed by atoms with Gasteiger partial charge in [-0.1, -0.05) is 35.9 Å². The number of hydrogen-bond donors (Lipinski definition) is 1. The maximum Gasteiger partial charge on any atom is 0.134 e. The highest BCUT2D eigenvalue weighted by Gasteiger charge is 2.17. The fourth-order valence-electron chi connectivity index (χ4n) is 2.31. The molecule has 0 aliphatic heterocycles. The van der Waals surface area contributed by atoms with E-state index in [4.69, 9.17) is 16.0 Å². The summed E-state index contributed by atoms with van der Waals surface area (Å²) in [6.07, 6.45) is 0. The number of fused-ring (bicyclic) bond motifs is 1. The van der Waals surface area contributed by atoms with Gasteiger partial charge in [-0.3, -0.25) is 0 Å². The fourth-order valence-corrected chi connectivity index (χ4v) is 2.83. The third-order valence-corrected chi connectivity index (χ3v) is 4.87. The maximum atomic E-state index is 6.22. The van der Waals surface area contributed by atoms with Crippen LogP contribution in [0.3, 0.4) is 0 Å². The van der Waals surface area contributed by atoms with Crippen LogP contribution in [0.5, 0.6) is 0 Å². The van der Waals surface area contributed by atoms with Crippen molar-refractivity contribution in [3.8, 4) is 0 Å². The smallest absolute Gasteiger partial charge is 0.134 e. The summed E-state index contributed by atoms with van der Waals surface area (Å²) in [5, 5.41) is 5.16. The van der Waals surface area contributed by atoms with E-state index in [1.165, 1.54) is 0 Å². The van der Waals surface area contributed by atoms with Crippen molar-refractivity contribution in [3.05, 3.63) is 68.4 Å². The minimum Gasteiger partial charge on any atom is -0.459 e. The Morgan fingerprint density at radius 1 is 1.15 bits per heavy atom. The number of rotatable bonds is 3. The summed E-state index contributed by atoms with van der Waals surface area (Å²) in [7, 11) is 1.92. The van der Waals surface area contributed by atoms with Crippen molar-refractivity contribution in [1.29, 1.82) is 0 Å². The topological polar surface area (TPSA) is 25.2 Å². The lowest BCUT2D eigenvalue weighted by molar-refractivity contribution is 0.491. The summed E-state index contributed by atoms with van der Waals surface area (Å²) in [5.41, 5.74) is 2.00. The van der Waals surface area contributed by atoms with Crippen molar-refractivity contribution in [1.82, 2.24) is 5.32 Å². The molecule has 0 fully saturated rings. The second-order valence-electron chi connectivity index (χ2n) is 4.58. The van der Waals surface area contributed by atoms with Crippen molar-refractivity contribution in [3.63, 3.8) is 0 Å². The largest absolute Gasteiger partial charge is 0.459 e. The molecule has 0 saturated heterocycles. The van der Waals surface area contributed by atoms with Crippen LogP contribution in [0.2, 0.25) is 5.02 Å². The molecule has 0 aliphatic rings. The molecule has 0 aliphatic carbocycles. The molecule has 1 atom stereocenters.